The van der Waals surface area contributed by atoms with Gasteiger partial charge in [0, 0.05) is 18.2 Å². The molecule has 0 bridgehead atoms. The summed E-state index contributed by atoms with van der Waals surface area (Å²) in [7, 11) is 2.15. The Morgan fingerprint density at radius 3 is 2.30 bits per heavy atom. The smallest absolute Gasteiger partial charge is 0.0674 e. The second kappa shape index (κ2) is 2.50. The van der Waals surface area contributed by atoms with Crippen LogP contribution >= 0.6 is 11.8 Å². The van der Waals surface area contributed by atoms with Crippen LogP contribution < -0.4 is 0 Å². The van der Waals surface area contributed by atoms with Gasteiger partial charge in [-0.15, -0.1) is 11.8 Å². The highest BCUT2D eigenvalue weighted by atomic mass is 32.2. The lowest BCUT2D eigenvalue weighted by Gasteiger charge is -2.27. The molecule has 0 radical (unpaired) electrons. The lowest BCUT2D eigenvalue weighted by atomic mass is 9.92. The molecule has 0 N–H and O–H groups in total. The average molecular weight is 157 g/mol. The Labute approximate surface area is 67.5 Å². The van der Waals surface area contributed by atoms with Crippen molar-refractivity contribution in [3.8, 4) is 0 Å². The van der Waals surface area contributed by atoms with Gasteiger partial charge in [-0.1, -0.05) is 20.8 Å². The summed E-state index contributed by atoms with van der Waals surface area (Å²) in [5.74, 6) is 1.12. The first-order valence-electron chi connectivity index (χ1n) is 3.55. The van der Waals surface area contributed by atoms with Crippen LogP contribution in [0.4, 0.5) is 0 Å². The molecule has 0 atom stereocenters. The van der Waals surface area contributed by atoms with Crippen molar-refractivity contribution < 1.29 is 0 Å². The third kappa shape index (κ3) is 1.48. The molecule has 10 heavy (non-hydrogen) atoms. The zero-order valence-electron chi connectivity index (χ0n) is 7.14. The van der Waals surface area contributed by atoms with E-state index in [1.54, 1.807) is 0 Å². The fraction of sp³-hybridized carbons (Fsp3) is 0.750. The van der Waals surface area contributed by atoms with E-state index in [4.69, 9.17) is 0 Å². The van der Waals surface area contributed by atoms with E-state index in [9.17, 15) is 0 Å². The van der Waals surface area contributed by atoms with Gasteiger partial charge in [-0.2, -0.15) is 0 Å². The van der Waals surface area contributed by atoms with Crippen LogP contribution in [-0.2, 0) is 0 Å². The average Bonchev–Trinajstić information content (AvgIpc) is 2.11. The molecule has 0 unspecified atom stereocenters. The van der Waals surface area contributed by atoms with Gasteiger partial charge in [0.15, 0.2) is 0 Å². The van der Waals surface area contributed by atoms with E-state index in [0.717, 1.165) is 5.88 Å². The minimum Gasteiger partial charge on any atom is -0.367 e. The largest absolute Gasteiger partial charge is 0.367 e. The molecule has 1 aliphatic rings. The van der Waals surface area contributed by atoms with Gasteiger partial charge < -0.3 is 4.90 Å². The van der Waals surface area contributed by atoms with E-state index in [1.807, 2.05) is 11.8 Å². The highest BCUT2D eigenvalue weighted by Crippen LogP contribution is 2.34. The van der Waals surface area contributed by atoms with Crippen molar-refractivity contribution in [2.24, 2.45) is 5.41 Å². The summed E-state index contributed by atoms with van der Waals surface area (Å²) in [5, 5.41) is 2.26. The number of hydrogen-bond donors (Lipinski definition) is 0. The number of rotatable bonds is 0. The normalized spacial score (nSPS) is 19.6. The van der Waals surface area contributed by atoms with Gasteiger partial charge in [-0.25, -0.2) is 0 Å². The van der Waals surface area contributed by atoms with Gasteiger partial charge in [0.05, 0.1) is 5.88 Å². The van der Waals surface area contributed by atoms with Crippen LogP contribution in [0.25, 0.3) is 0 Å². The Hall–Kier alpha value is -0.110. The van der Waals surface area contributed by atoms with Crippen molar-refractivity contribution in [1.29, 1.82) is 0 Å². The summed E-state index contributed by atoms with van der Waals surface area (Å²) in [6.07, 6.45) is 0. The third-order valence-corrected chi connectivity index (χ3v) is 2.57. The maximum atomic E-state index is 2.31. The van der Waals surface area contributed by atoms with Gasteiger partial charge in [0.25, 0.3) is 0 Å². The van der Waals surface area contributed by atoms with Gasteiger partial charge in [-0.3, -0.25) is 0 Å². The fourth-order valence-corrected chi connectivity index (χ4v) is 2.27. The number of allylic oxidation sites excluding steroid dienone is 1. The second-order valence-electron chi connectivity index (χ2n) is 3.75. The van der Waals surface area contributed by atoms with Crippen molar-refractivity contribution in [2.75, 3.05) is 12.9 Å². The molecule has 1 aliphatic heterocycles. The monoisotopic (exact) mass is 157 g/mol. The van der Waals surface area contributed by atoms with E-state index in [0.29, 0.717) is 5.41 Å². The molecule has 1 heterocycles. The van der Waals surface area contributed by atoms with Gasteiger partial charge in [-0.05, 0) is 5.41 Å². The van der Waals surface area contributed by atoms with E-state index in [-0.39, 0.29) is 0 Å². The van der Waals surface area contributed by atoms with Crippen LogP contribution in [0.5, 0.6) is 0 Å². The van der Waals surface area contributed by atoms with Gasteiger partial charge in [0.1, 0.15) is 0 Å². The van der Waals surface area contributed by atoms with Crippen LogP contribution in [0.1, 0.15) is 20.8 Å². The predicted molar refractivity (Wildman–Crippen MR) is 47.8 cm³/mol. The van der Waals surface area contributed by atoms with Crippen LogP contribution in [0.3, 0.4) is 0 Å². The summed E-state index contributed by atoms with van der Waals surface area (Å²) in [6.45, 7) is 6.75. The van der Waals surface area contributed by atoms with Crippen LogP contribution in [0, 0.1) is 5.41 Å². The molecule has 0 aromatic heterocycles. The maximum absolute atomic E-state index is 2.31. The predicted octanol–water partition coefficient (Wildman–Crippen LogP) is 2.51. The molecule has 1 rings (SSSR count). The third-order valence-electron chi connectivity index (χ3n) is 1.64. The molecule has 0 saturated heterocycles. The minimum atomic E-state index is 0.318. The van der Waals surface area contributed by atoms with Gasteiger partial charge >= 0.3 is 0 Å². The van der Waals surface area contributed by atoms with E-state index in [1.165, 1.54) is 5.70 Å². The molecular weight excluding hydrogens is 142 g/mol. The first-order chi connectivity index (χ1) is 4.52. The highest BCUT2D eigenvalue weighted by Gasteiger charge is 2.23. The van der Waals surface area contributed by atoms with E-state index >= 15 is 0 Å². The quantitative estimate of drug-likeness (QED) is 0.531. The summed E-state index contributed by atoms with van der Waals surface area (Å²) in [6, 6.07) is 0. The Morgan fingerprint density at radius 2 is 2.10 bits per heavy atom. The Balaban J connectivity index is 2.72. The Bertz CT molecular complexity index is 155. The first-order valence-corrected chi connectivity index (χ1v) is 4.60. The molecule has 0 aromatic carbocycles. The van der Waals surface area contributed by atoms with Crippen molar-refractivity contribution in [2.45, 2.75) is 20.8 Å². The molecule has 0 spiro atoms. The van der Waals surface area contributed by atoms with E-state index < -0.39 is 0 Å². The lowest BCUT2D eigenvalue weighted by molar-refractivity contribution is 0.352. The highest BCUT2D eigenvalue weighted by molar-refractivity contribution is 8.02. The van der Waals surface area contributed by atoms with Crippen molar-refractivity contribution in [3.05, 3.63) is 11.1 Å². The SMILES string of the molecule is CN1CSC=C1C(C)(C)C. The Kier molecular flexibility index (Phi) is 1.99. The molecule has 2 heteroatoms. The minimum absolute atomic E-state index is 0.318. The molecule has 58 valence electrons. The number of hydrogen-bond acceptors (Lipinski definition) is 2. The Morgan fingerprint density at radius 1 is 1.50 bits per heavy atom. The molecule has 0 aromatic rings. The van der Waals surface area contributed by atoms with Crippen LogP contribution in [0.15, 0.2) is 11.1 Å². The first kappa shape index (κ1) is 7.99. The summed E-state index contributed by atoms with van der Waals surface area (Å²) < 4.78 is 0. The lowest BCUT2D eigenvalue weighted by Crippen LogP contribution is -2.22. The van der Waals surface area contributed by atoms with Gasteiger partial charge in [0.2, 0.25) is 0 Å². The topological polar surface area (TPSA) is 3.24 Å². The summed E-state index contributed by atoms with van der Waals surface area (Å²) in [4.78, 5) is 2.31. The molecule has 0 saturated carbocycles. The van der Waals surface area contributed by atoms with Crippen molar-refractivity contribution in [1.82, 2.24) is 4.90 Å². The fourth-order valence-electron chi connectivity index (χ4n) is 1.14. The zero-order chi connectivity index (χ0) is 7.78. The molecular formula is C8H15NS. The second-order valence-corrected chi connectivity index (χ2v) is 4.57. The summed E-state index contributed by atoms with van der Waals surface area (Å²) >= 11 is 1.88. The number of thioether (sulfide) groups is 1. The van der Waals surface area contributed by atoms with Crippen molar-refractivity contribution >= 4 is 11.8 Å². The molecule has 0 fully saturated rings. The standard InChI is InChI=1S/C8H15NS/c1-8(2,3)7-5-10-6-9(7)4/h5H,6H2,1-4H3. The molecule has 0 aliphatic carbocycles. The molecule has 1 nitrogen and oxygen atoms in total. The van der Waals surface area contributed by atoms with Crippen molar-refractivity contribution in [3.63, 3.8) is 0 Å². The van der Waals surface area contributed by atoms with E-state index in [2.05, 4.69) is 38.1 Å². The molecule has 0 amide bonds. The maximum Gasteiger partial charge on any atom is 0.0674 e. The van der Waals surface area contributed by atoms with Crippen LogP contribution in [-0.4, -0.2) is 17.8 Å². The number of nitrogens with zero attached hydrogens (tertiary/aromatic N) is 1. The van der Waals surface area contributed by atoms with Crippen LogP contribution in [0.2, 0.25) is 0 Å². The zero-order valence-corrected chi connectivity index (χ0v) is 7.96. The summed E-state index contributed by atoms with van der Waals surface area (Å²) in [5.41, 5.74) is 1.77.